The smallest absolute Gasteiger partial charge is 0.160 e. The van der Waals surface area contributed by atoms with Crippen molar-refractivity contribution in [2.45, 2.75) is 83.8 Å². The third-order valence-electron chi connectivity index (χ3n) is 7.28. The Bertz CT molecular complexity index is 587. The summed E-state index contributed by atoms with van der Waals surface area (Å²) in [4.78, 5) is 0. The Kier molecular flexibility index (Phi) is 10.7. The molecule has 0 bridgehead atoms. The van der Waals surface area contributed by atoms with E-state index in [0.717, 1.165) is 18.4 Å². The second-order valence-corrected chi connectivity index (χ2v) is 9.18. The predicted molar refractivity (Wildman–Crippen MR) is 122 cm³/mol. The van der Waals surface area contributed by atoms with Crippen LogP contribution in [0.5, 0.6) is 0 Å². The summed E-state index contributed by atoms with van der Waals surface area (Å²) in [5.74, 6) is 1.46. The first-order chi connectivity index (χ1) is 14.8. The molecule has 0 unspecified atom stereocenters. The molecule has 2 rings (SSSR count). The minimum atomic E-state index is -0.333. The highest BCUT2D eigenvalue weighted by atomic mass is 16.7. The van der Waals surface area contributed by atoms with Gasteiger partial charge in [-0.15, -0.1) is 0 Å². The molecule has 1 heterocycles. The predicted octanol–water partition coefficient (Wildman–Crippen LogP) is 3.97. The van der Waals surface area contributed by atoms with Crippen LogP contribution in [0.4, 0.5) is 0 Å². The summed E-state index contributed by atoms with van der Waals surface area (Å²) in [6.07, 6.45) is 7.96. The maximum absolute atomic E-state index is 10.8. The van der Waals surface area contributed by atoms with Gasteiger partial charge in [-0.2, -0.15) is 0 Å². The van der Waals surface area contributed by atoms with Gasteiger partial charge in [0.15, 0.2) is 6.29 Å². The minimum Gasteiger partial charge on any atom is -0.392 e. The van der Waals surface area contributed by atoms with E-state index >= 15 is 0 Å². The van der Waals surface area contributed by atoms with Crippen molar-refractivity contribution in [3.63, 3.8) is 0 Å². The fourth-order valence-corrected chi connectivity index (χ4v) is 5.08. The second-order valence-electron chi connectivity index (χ2n) is 9.18. The fourth-order valence-electron chi connectivity index (χ4n) is 5.08. The Morgan fingerprint density at radius 1 is 1.06 bits per heavy atom. The van der Waals surface area contributed by atoms with E-state index in [1.807, 2.05) is 19.1 Å². The highest BCUT2D eigenvalue weighted by molar-refractivity contribution is 5.18. The summed E-state index contributed by atoms with van der Waals surface area (Å²) in [6, 6.07) is 0. The molecule has 0 aromatic heterocycles. The van der Waals surface area contributed by atoms with Crippen LogP contribution in [0.25, 0.3) is 0 Å². The van der Waals surface area contributed by atoms with Gasteiger partial charge < -0.3 is 28.8 Å². The van der Waals surface area contributed by atoms with Crippen LogP contribution >= 0.6 is 0 Å². The molecule has 0 amide bonds. The van der Waals surface area contributed by atoms with Gasteiger partial charge in [0.05, 0.1) is 18.3 Å². The van der Waals surface area contributed by atoms with Gasteiger partial charge in [0.2, 0.25) is 0 Å². The normalized spacial score (nSPS) is 35.7. The van der Waals surface area contributed by atoms with Crippen LogP contribution in [-0.4, -0.2) is 70.4 Å². The SMILES string of the molecule is CC[C@H](OC)[C@@H](C)[C@@H]1C[C@H]1[C@H](O)[C@@H](C)/C=C/C=C(\C)[C@H]1O[C@@H](OC)C[C@H](OC)[C@@H]1OC. The Morgan fingerprint density at radius 3 is 2.32 bits per heavy atom. The van der Waals surface area contributed by atoms with E-state index in [2.05, 4.69) is 26.8 Å². The summed E-state index contributed by atoms with van der Waals surface area (Å²) in [7, 11) is 6.80. The van der Waals surface area contributed by atoms with Crippen LogP contribution < -0.4 is 0 Å². The molecule has 180 valence electrons. The highest BCUT2D eigenvalue weighted by Gasteiger charge is 2.48. The van der Waals surface area contributed by atoms with Gasteiger partial charge >= 0.3 is 0 Å². The lowest BCUT2D eigenvalue weighted by atomic mass is 9.91. The summed E-state index contributed by atoms with van der Waals surface area (Å²) < 4.78 is 28.4. The van der Waals surface area contributed by atoms with Crippen molar-refractivity contribution in [1.82, 2.24) is 0 Å². The van der Waals surface area contributed by atoms with E-state index in [0.29, 0.717) is 24.2 Å². The van der Waals surface area contributed by atoms with Crippen LogP contribution in [0, 0.1) is 23.7 Å². The van der Waals surface area contributed by atoms with Gasteiger partial charge in [-0.05, 0) is 43.1 Å². The topological polar surface area (TPSA) is 66.4 Å². The van der Waals surface area contributed by atoms with Crippen molar-refractivity contribution in [2.24, 2.45) is 23.7 Å². The number of aliphatic hydroxyl groups is 1. The van der Waals surface area contributed by atoms with E-state index in [1.54, 1.807) is 28.4 Å². The summed E-state index contributed by atoms with van der Waals surface area (Å²) in [5, 5.41) is 10.8. The van der Waals surface area contributed by atoms with E-state index in [9.17, 15) is 5.11 Å². The first kappa shape index (κ1) is 26.5. The van der Waals surface area contributed by atoms with Gasteiger partial charge in [-0.3, -0.25) is 0 Å². The molecule has 31 heavy (non-hydrogen) atoms. The van der Waals surface area contributed by atoms with Crippen molar-refractivity contribution in [3.8, 4) is 0 Å². The molecule has 2 fully saturated rings. The summed E-state index contributed by atoms with van der Waals surface area (Å²) in [6.45, 7) is 8.51. The van der Waals surface area contributed by atoms with E-state index in [-0.39, 0.29) is 42.7 Å². The Balaban J connectivity index is 1.96. The van der Waals surface area contributed by atoms with Gasteiger partial charge in [-0.1, -0.05) is 39.0 Å². The van der Waals surface area contributed by atoms with Crippen LogP contribution in [0.3, 0.4) is 0 Å². The molecule has 1 aliphatic heterocycles. The first-order valence-electron chi connectivity index (χ1n) is 11.6. The molecule has 1 saturated heterocycles. The molecule has 1 aliphatic carbocycles. The van der Waals surface area contributed by atoms with Gasteiger partial charge in [0.1, 0.15) is 12.2 Å². The maximum atomic E-state index is 10.8. The molecule has 0 radical (unpaired) electrons. The van der Waals surface area contributed by atoms with Crippen LogP contribution in [-0.2, 0) is 23.7 Å². The Morgan fingerprint density at radius 2 is 1.77 bits per heavy atom. The molecule has 6 nitrogen and oxygen atoms in total. The molecular weight excluding hydrogens is 396 g/mol. The number of allylic oxidation sites excluding steroid dienone is 2. The largest absolute Gasteiger partial charge is 0.392 e. The zero-order valence-electron chi connectivity index (χ0n) is 20.6. The van der Waals surface area contributed by atoms with Crippen molar-refractivity contribution in [2.75, 3.05) is 28.4 Å². The van der Waals surface area contributed by atoms with Crippen molar-refractivity contribution in [1.29, 1.82) is 0 Å². The Labute approximate surface area is 188 Å². The van der Waals surface area contributed by atoms with Crippen LogP contribution in [0.2, 0.25) is 0 Å². The number of hydrogen-bond donors (Lipinski definition) is 1. The lowest BCUT2D eigenvalue weighted by Crippen LogP contribution is -2.51. The average molecular weight is 441 g/mol. The lowest BCUT2D eigenvalue weighted by Gasteiger charge is -2.40. The Hall–Kier alpha value is -0.760. The highest BCUT2D eigenvalue weighted by Crippen LogP contribution is 2.49. The zero-order valence-corrected chi connectivity index (χ0v) is 20.6. The molecule has 0 aromatic rings. The quantitative estimate of drug-likeness (QED) is 0.463. The number of aliphatic hydroxyl groups excluding tert-OH is 1. The maximum Gasteiger partial charge on any atom is 0.160 e. The van der Waals surface area contributed by atoms with E-state index in [4.69, 9.17) is 23.7 Å². The summed E-state index contributed by atoms with van der Waals surface area (Å²) in [5.41, 5.74) is 1.04. The molecular formula is C25H44O6. The lowest BCUT2D eigenvalue weighted by molar-refractivity contribution is -0.241. The van der Waals surface area contributed by atoms with E-state index < -0.39 is 0 Å². The van der Waals surface area contributed by atoms with Gasteiger partial charge in [-0.25, -0.2) is 0 Å². The van der Waals surface area contributed by atoms with E-state index in [1.165, 1.54) is 0 Å². The van der Waals surface area contributed by atoms with Crippen molar-refractivity contribution < 1.29 is 28.8 Å². The van der Waals surface area contributed by atoms with Crippen molar-refractivity contribution >= 4 is 0 Å². The number of methoxy groups -OCH3 is 4. The molecule has 10 atom stereocenters. The van der Waals surface area contributed by atoms with Gasteiger partial charge in [0.25, 0.3) is 0 Å². The number of ether oxygens (including phenoxy) is 5. The average Bonchev–Trinajstić information content (AvgIpc) is 3.58. The third kappa shape index (κ3) is 6.62. The molecule has 1 N–H and O–H groups in total. The molecule has 0 spiro atoms. The summed E-state index contributed by atoms with van der Waals surface area (Å²) >= 11 is 0. The number of hydrogen-bond acceptors (Lipinski definition) is 6. The van der Waals surface area contributed by atoms with Crippen molar-refractivity contribution in [3.05, 3.63) is 23.8 Å². The molecule has 2 aliphatic rings. The van der Waals surface area contributed by atoms with Gasteiger partial charge in [0, 0.05) is 40.8 Å². The second kappa shape index (κ2) is 12.5. The molecule has 6 heteroatoms. The monoisotopic (exact) mass is 440 g/mol. The third-order valence-corrected chi connectivity index (χ3v) is 7.28. The standard InChI is InChI=1S/C25H44O6/c1-9-20(27-5)17(4)18-13-19(18)23(26)15(2)11-10-12-16(3)24-25(30-8)21(28-6)14-22(29-7)31-24/h10-12,15,17-26H,9,13-14H2,1-8H3/b11-10+,16-12+/t15-,17-,18-,19+,20-,21-,22+,23+,24+,25-/m0/s1. The fraction of sp³-hybridized carbons (Fsp3) is 0.840. The zero-order chi connectivity index (χ0) is 23.1. The van der Waals surface area contributed by atoms with Crippen LogP contribution in [0.1, 0.15) is 47.0 Å². The van der Waals surface area contributed by atoms with Crippen LogP contribution in [0.15, 0.2) is 23.8 Å². The minimum absolute atomic E-state index is 0.0813. The molecule has 0 aromatic carbocycles. The first-order valence-corrected chi connectivity index (χ1v) is 11.6. The number of rotatable bonds is 12. The molecule has 1 saturated carbocycles.